The van der Waals surface area contributed by atoms with E-state index in [-0.39, 0.29) is 10.8 Å². The van der Waals surface area contributed by atoms with Gasteiger partial charge in [-0.2, -0.15) is 0 Å². The van der Waals surface area contributed by atoms with Crippen molar-refractivity contribution in [2.45, 2.75) is 37.1 Å². The van der Waals surface area contributed by atoms with Crippen LogP contribution in [0.1, 0.15) is 6.92 Å². The monoisotopic (exact) mass is 382 g/mol. The Balaban J connectivity index is 2.24. The van der Waals surface area contributed by atoms with Gasteiger partial charge in [0.2, 0.25) is 6.29 Å². The van der Waals surface area contributed by atoms with Crippen LogP contribution in [0.2, 0.25) is 5.02 Å². The van der Waals surface area contributed by atoms with Gasteiger partial charge in [-0.25, -0.2) is 0 Å². The van der Waals surface area contributed by atoms with E-state index in [1.807, 2.05) is 0 Å². The second-order valence-electron chi connectivity index (χ2n) is 5.04. The molecule has 1 aromatic carbocycles. The predicted molar refractivity (Wildman–Crippen MR) is 78.2 cm³/mol. The minimum atomic E-state index is -1.87. The summed E-state index contributed by atoms with van der Waals surface area (Å²) in [4.78, 5) is 0. The lowest BCUT2D eigenvalue weighted by Crippen LogP contribution is -2.66. The number of hydrogen-bond acceptors (Lipinski definition) is 6. The zero-order valence-electron chi connectivity index (χ0n) is 11.1. The third kappa shape index (κ3) is 3.34. The molecule has 1 aliphatic heterocycles. The molecule has 21 heavy (non-hydrogen) atoms. The molecule has 5 unspecified atom stereocenters. The van der Waals surface area contributed by atoms with E-state index in [9.17, 15) is 15.3 Å². The molecule has 0 aromatic heterocycles. The Morgan fingerprint density at radius 3 is 2.67 bits per heavy atom. The van der Waals surface area contributed by atoms with Gasteiger partial charge in [0.15, 0.2) is 5.60 Å². The van der Waals surface area contributed by atoms with Crippen LogP contribution in [-0.4, -0.2) is 57.2 Å². The highest BCUT2D eigenvalue weighted by molar-refractivity contribution is 9.10. The molecular formula is C13H16BrClO6. The predicted octanol–water partition coefficient (Wildman–Crippen LogP) is 0.671. The van der Waals surface area contributed by atoms with Crippen LogP contribution in [-0.2, 0) is 4.74 Å². The summed E-state index contributed by atoms with van der Waals surface area (Å²) < 4.78 is 11.6. The molecule has 6 nitrogen and oxygen atoms in total. The highest BCUT2D eigenvalue weighted by atomic mass is 79.9. The molecule has 1 heterocycles. The standard InChI is InChI=1S/C13H16BrClO6/c1-13(19)11(18)10(17)9(5-16)21-12(13)20-8-3-2-6(14)4-7(8)15/h2-4,9-12,16-19H,5H2,1H3. The normalized spacial score (nSPS) is 36.5. The van der Waals surface area contributed by atoms with Crippen molar-refractivity contribution in [1.82, 2.24) is 0 Å². The summed E-state index contributed by atoms with van der Waals surface area (Å²) in [7, 11) is 0. The van der Waals surface area contributed by atoms with E-state index in [2.05, 4.69) is 15.9 Å². The van der Waals surface area contributed by atoms with Gasteiger partial charge < -0.3 is 29.9 Å². The second-order valence-corrected chi connectivity index (χ2v) is 6.37. The van der Waals surface area contributed by atoms with Gasteiger partial charge in [-0.15, -0.1) is 0 Å². The zero-order chi connectivity index (χ0) is 15.8. The summed E-state index contributed by atoms with van der Waals surface area (Å²) in [5.74, 6) is 0.241. The van der Waals surface area contributed by atoms with Crippen molar-refractivity contribution >= 4 is 27.5 Å². The Kier molecular flexibility index (Phi) is 5.15. The van der Waals surface area contributed by atoms with Crippen LogP contribution in [0.25, 0.3) is 0 Å². The van der Waals surface area contributed by atoms with E-state index >= 15 is 0 Å². The average Bonchev–Trinajstić information content (AvgIpc) is 2.42. The highest BCUT2D eigenvalue weighted by Gasteiger charge is 2.53. The van der Waals surface area contributed by atoms with E-state index in [1.165, 1.54) is 6.92 Å². The van der Waals surface area contributed by atoms with Crippen molar-refractivity contribution in [2.75, 3.05) is 6.61 Å². The van der Waals surface area contributed by atoms with Crippen molar-refractivity contribution in [1.29, 1.82) is 0 Å². The number of halogens is 2. The Morgan fingerprint density at radius 1 is 1.43 bits per heavy atom. The van der Waals surface area contributed by atoms with E-state index in [1.54, 1.807) is 18.2 Å². The van der Waals surface area contributed by atoms with Crippen molar-refractivity contribution in [2.24, 2.45) is 0 Å². The summed E-state index contributed by atoms with van der Waals surface area (Å²) in [6.45, 7) is 0.744. The molecule has 118 valence electrons. The molecule has 4 N–H and O–H groups in total. The molecule has 2 rings (SSSR count). The lowest BCUT2D eigenvalue weighted by Gasteiger charge is -2.45. The van der Waals surface area contributed by atoms with Crippen molar-refractivity contribution in [3.63, 3.8) is 0 Å². The van der Waals surface area contributed by atoms with Crippen LogP contribution in [0.15, 0.2) is 22.7 Å². The smallest absolute Gasteiger partial charge is 0.231 e. The molecule has 0 aliphatic carbocycles. The fourth-order valence-corrected chi connectivity index (χ4v) is 2.77. The molecule has 0 saturated carbocycles. The summed E-state index contributed by atoms with van der Waals surface area (Å²) in [6.07, 6.45) is -5.33. The fourth-order valence-electron chi connectivity index (χ4n) is 2.05. The summed E-state index contributed by atoms with van der Waals surface area (Å²) in [5.41, 5.74) is -1.87. The van der Waals surface area contributed by atoms with E-state index in [0.29, 0.717) is 0 Å². The molecule has 0 radical (unpaired) electrons. The summed E-state index contributed by atoms with van der Waals surface area (Å²) in [6, 6.07) is 4.86. The Morgan fingerprint density at radius 2 is 2.10 bits per heavy atom. The van der Waals surface area contributed by atoms with E-state index in [0.717, 1.165) is 4.47 Å². The van der Waals surface area contributed by atoms with Gasteiger partial charge in [-0.3, -0.25) is 0 Å². The molecule has 1 saturated heterocycles. The molecular weight excluding hydrogens is 367 g/mol. The summed E-state index contributed by atoms with van der Waals surface area (Å²) >= 11 is 9.28. The number of aliphatic hydroxyl groups is 4. The Hall–Kier alpha value is -0.410. The van der Waals surface area contributed by atoms with Gasteiger partial charge >= 0.3 is 0 Å². The van der Waals surface area contributed by atoms with Crippen LogP contribution in [0.3, 0.4) is 0 Å². The molecule has 0 bridgehead atoms. The largest absolute Gasteiger partial charge is 0.460 e. The van der Waals surface area contributed by atoms with Crippen LogP contribution < -0.4 is 4.74 Å². The number of rotatable bonds is 3. The maximum absolute atomic E-state index is 10.3. The van der Waals surface area contributed by atoms with Crippen LogP contribution in [0.4, 0.5) is 0 Å². The topological polar surface area (TPSA) is 99.4 Å². The van der Waals surface area contributed by atoms with Gasteiger partial charge in [0.1, 0.15) is 24.1 Å². The first-order chi connectivity index (χ1) is 9.77. The average molecular weight is 384 g/mol. The van der Waals surface area contributed by atoms with Gasteiger partial charge in [-0.1, -0.05) is 27.5 Å². The van der Waals surface area contributed by atoms with Gasteiger partial charge in [0.05, 0.1) is 11.6 Å². The molecule has 1 aliphatic rings. The van der Waals surface area contributed by atoms with Gasteiger partial charge in [-0.05, 0) is 25.1 Å². The quantitative estimate of drug-likeness (QED) is 0.612. The lowest BCUT2D eigenvalue weighted by molar-refractivity contribution is -0.314. The lowest BCUT2D eigenvalue weighted by atomic mass is 9.88. The number of benzene rings is 1. The Bertz CT molecular complexity index is 511. The SMILES string of the molecule is CC1(O)C(Oc2ccc(Br)cc2Cl)OC(CO)C(O)C1O. The van der Waals surface area contributed by atoms with Crippen molar-refractivity contribution < 1.29 is 29.9 Å². The molecule has 8 heteroatoms. The minimum absolute atomic E-state index is 0.241. The minimum Gasteiger partial charge on any atom is -0.460 e. The van der Waals surface area contributed by atoms with Crippen molar-refractivity contribution in [3.8, 4) is 5.75 Å². The summed E-state index contributed by atoms with van der Waals surface area (Å²) in [5, 5.41) is 39.5. The fraction of sp³-hybridized carbons (Fsp3) is 0.538. The van der Waals surface area contributed by atoms with Crippen LogP contribution >= 0.6 is 27.5 Å². The first-order valence-corrected chi connectivity index (χ1v) is 7.41. The van der Waals surface area contributed by atoms with Crippen LogP contribution in [0, 0.1) is 0 Å². The Labute approximate surface area is 135 Å². The highest BCUT2D eigenvalue weighted by Crippen LogP contribution is 2.34. The van der Waals surface area contributed by atoms with Gasteiger partial charge in [0.25, 0.3) is 0 Å². The number of hydrogen-bond donors (Lipinski definition) is 4. The maximum atomic E-state index is 10.3. The third-order valence-electron chi connectivity index (χ3n) is 3.39. The third-order valence-corrected chi connectivity index (χ3v) is 4.18. The zero-order valence-corrected chi connectivity index (χ0v) is 13.5. The van der Waals surface area contributed by atoms with Crippen LogP contribution in [0.5, 0.6) is 5.75 Å². The number of aliphatic hydroxyl groups excluding tert-OH is 3. The van der Waals surface area contributed by atoms with E-state index in [4.69, 9.17) is 26.2 Å². The van der Waals surface area contributed by atoms with Crippen molar-refractivity contribution in [3.05, 3.63) is 27.7 Å². The molecule has 0 spiro atoms. The molecule has 0 amide bonds. The molecule has 1 aromatic rings. The van der Waals surface area contributed by atoms with Gasteiger partial charge in [0, 0.05) is 4.47 Å². The first-order valence-electron chi connectivity index (χ1n) is 6.24. The maximum Gasteiger partial charge on any atom is 0.231 e. The molecule has 5 atom stereocenters. The second kappa shape index (κ2) is 6.37. The number of ether oxygens (including phenoxy) is 2. The molecule has 1 fully saturated rings. The first kappa shape index (κ1) is 17.0. The van der Waals surface area contributed by atoms with E-state index < -0.39 is 36.8 Å².